The summed E-state index contributed by atoms with van der Waals surface area (Å²) in [6.07, 6.45) is 0. The average molecular weight is 267 g/mol. The number of benzene rings is 2. The predicted molar refractivity (Wildman–Crippen MR) is 71.7 cm³/mol. The summed E-state index contributed by atoms with van der Waals surface area (Å²) in [6, 6.07) is 15.5. The van der Waals surface area contributed by atoms with Crippen LogP contribution in [0, 0.1) is 17.1 Å². The minimum absolute atomic E-state index is 0.0465. The number of hydrogen-bond acceptors (Lipinski definition) is 3. The number of fused-ring (bicyclic) bond motifs is 1. The van der Waals surface area contributed by atoms with Crippen LogP contribution in [-0.4, -0.2) is 0 Å². The molecule has 0 aliphatic heterocycles. The van der Waals surface area contributed by atoms with Crippen LogP contribution in [0.2, 0.25) is 0 Å². The lowest BCUT2D eigenvalue weighted by atomic mass is 10.2. The molecule has 0 amide bonds. The highest BCUT2D eigenvalue weighted by molar-refractivity contribution is 5.86. The van der Waals surface area contributed by atoms with E-state index >= 15 is 0 Å². The monoisotopic (exact) mass is 267 g/mol. The van der Waals surface area contributed by atoms with Gasteiger partial charge in [-0.15, -0.1) is 0 Å². The van der Waals surface area contributed by atoms with Crippen molar-refractivity contribution >= 4 is 11.0 Å². The van der Waals surface area contributed by atoms with E-state index in [4.69, 9.17) is 14.4 Å². The molecule has 0 atom stereocenters. The van der Waals surface area contributed by atoms with E-state index in [1.165, 1.54) is 6.07 Å². The Morgan fingerprint density at radius 2 is 1.85 bits per heavy atom. The third-order valence-corrected chi connectivity index (χ3v) is 2.98. The Labute approximate surface area is 114 Å². The Kier molecular flexibility index (Phi) is 3.10. The van der Waals surface area contributed by atoms with E-state index in [2.05, 4.69) is 0 Å². The molecule has 3 aromatic rings. The third kappa shape index (κ3) is 2.10. The van der Waals surface area contributed by atoms with Gasteiger partial charge in [-0.3, -0.25) is 0 Å². The maximum absolute atomic E-state index is 13.5. The molecule has 0 spiro atoms. The molecule has 0 saturated carbocycles. The molecule has 0 aliphatic carbocycles. The highest BCUT2D eigenvalue weighted by Crippen LogP contribution is 2.33. The van der Waals surface area contributed by atoms with Gasteiger partial charge in [-0.05, 0) is 18.2 Å². The van der Waals surface area contributed by atoms with Gasteiger partial charge >= 0.3 is 0 Å². The molecular weight excluding hydrogens is 257 g/mol. The van der Waals surface area contributed by atoms with Gasteiger partial charge in [-0.2, -0.15) is 5.26 Å². The van der Waals surface area contributed by atoms with Crippen molar-refractivity contribution in [3.8, 4) is 11.8 Å². The van der Waals surface area contributed by atoms with Gasteiger partial charge in [-0.25, -0.2) is 4.39 Å². The first-order valence-electron chi connectivity index (χ1n) is 6.07. The number of furan rings is 1. The largest absolute Gasteiger partial charge is 0.483 e. The van der Waals surface area contributed by atoms with E-state index < -0.39 is 0 Å². The summed E-state index contributed by atoms with van der Waals surface area (Å²) in [7, 11) is 0. The summed E-state index contributed by atoms with van der Waals surface area (Å²) < 4.78 is 24.5. The molecule has 0 saturated heterocycles. The van der Waals surface area contributed by atoms with Gasteiger partial charge in [0.05, 0.1) is 5.39 Å². The van der Waals surface area contributed by atoms with Crippen molar-refractivity contribution in [3.05, 3.63) is 65.7 Å². The number of nitrogens with zero attached hydrogens (tertiary/aromatic N) is 1. The van der Waals surface area contributed by atoms with Gasteiger partial charge in [-0.1, -0.05) is 30.3 Å². The summed E-state index contributed by atoms with van der Waals surface area (Å²) in [5.74, 6) is 0.118. The fourth-order valence-corrected chi connectivity index (χ4v) is 2.00. The molecule has 0 fully saturated rings. The number of rotatable bonds is 3. The Morgan fingerprint density at radius 1 is 1.10 bits per heavy atom. The first-order chi connectivity index (χ1) is 9.79. The zero-order chi connectivity index (χ0) is 13.9. The molecular formula is C16H10FNO2. The van der Waals surface area contributed by atoms with Crippen LogP contribution >= 0.6 is 0 Å². The van der Waals surface area contributed by atoms with E-state index in [9.17, 15) is 4.39 Å². The Balaban J connectivity index is 1.95. The second kappa shape index (κ2) is 5.06. The van der Waals surface area contributed by atoms with E-state index in [0.29, 0.717) is 22.3 Å². The number of ether oxygens (including phenoxy) is 1. The van der Waals surface area contributed by atoms with E-state index in [-0.39, 0.29) is 18.2 Å². The van der Waals surface area contributed by atoms with Crippen LogP contribution in [0.3, 0.4) is 0 Å². The lowest BCUT2D eigenvalue weighted by molar-refractivity contribution is 0.297. The molecule has 3 rings (SSSR count). The van der Waals surface area contributed by atoms with E-state index in [0.717, 1.165) is 0 Å². The lowest BCUT2D eigenvalue weighted by Gasteiger charge is -2.05. The maximum atomic E-state index is 13.5. The standard InChI is InChI=1S/C16H10FNO2/c17-13-7-3-1-5-11(13)10-19-16-12-6-2-4-8-14(12)20-15(16)9-18/h1-8H,10H2. The fraction of sp³-hybridized carbons (Fsp3) is 0.0625. The van der Waals surface area contributed by atoms with Crippen molar-refractivity contribution in [2.75, 3.05) is 0 Å². The second-order valence-corrected chi connectivity index (χ2v) is 4.25. The van der Waals surface area contributed by atoms with Crippen molar-refractivity contribution in [1.29, 1.82) is 5.26 Å². The number of nitriles is 1. The molecule has 0 aliphatic rings. The Bertz CT molecular complexity index is 802. The molecule has 0 unspecified atom stereocenters. The first kappa shape index (κ1) is 12.2. The number of hydrogen-bond donors (Lipinski definition) is 0. The van der Waals surface area contributed by atoms with E-state index in [1.54, 1.807) is 30.3 Å². The van der Waals surface area contributed by atoms with Gasteiger partial charge in [0.2, 0.25) is 5.76 Å². The molecule has 1 heterocycles. The molecule has 3 nitrogen and oxygen atoms in total. The summed E-state index contributed by atoms with van der Waals surface area (Å²) in [5, 5.41) is 9.78. The zero-order valence-corrected chi connectivity index (χ0v) is 10.5. The van der Waals surface area contributed by atoms with Crippen molar-refractivity contribution < 1.29 is 13.5 Å². The van der Waals surface area contributed by atoms with Gasteiger partial charge in [0.15, 0.2) is 5.75 Å². The van der Waals surface area contributed by atoms with Crippen LogP contribution in [0.15, 0.2) is 52.9 Å². The van der Waals surface area contributed by atoms with Crippen LogP contribution in [0.1, 0.15) is 11.3 Å². The van der Waals surface area contributed by atoms with Crippen molar-refractivity contribution in [2.24, 2.45) is 0 Å². The smallest absolute Gasteiger partial charge is 0.246 e. The van der Waals surface area contributed by atoms with Crippen LogP contribution in [-0.2, 0) is 6.61 Å². The third-order valence-electron chi connectivity index (χ3n) is 2.98. The van der Waals surface area contributed by atoms with Crippen molar-refractivity contribution in [1.82, 2.24) is 0 Å². The predicted octanol–water partition coefficient (Wildman–Crippen LogP) is 4.02. The molecule has 4 heteroatoms. The molecule has 98 valence electrons. The fourth-order valence-electron chi connectivity index (χ4n) is 2.00. The molecule has 2 aromatic carbocycles. The topological polar surface area (TPSA) is 46.2 Å². The molecule has 0 radical (unpaired) electrons. The Morgan fingerprint density at radius 3 is 2.65 bits per heavy atom. The highest BCUT2D eigenvalue weighted by Gasteiger charge is 2.15. The molecule has 20 heavy (non-hydrogen) atoms. The minimum atomic E-state index is -0.334. The summed E-state index contributed by atoms with van der Waals surface area (Å²) in [6.45, 7) is 0.0465. The summed E-state index contributed by atoms with van der Waals surface area (Å²) in [4.78, 5) is 0. The zero-order valence-electron chi connectivity index (χ0n) is 10.5. The van der Waals surface area contributed by atoms with Crippen LogP contribution < -0.4 is 4.74 Å². The normalized spacial score (nSPS) is 10.4. The Hall–Kier alpha value is -2.80. The lowest BCUT2D eigenvalue weighted by Crippen LogP contribution is -1.98. The van der Waals surface area contributed by atoms with Crippen molar-refractivity contribution in [2.45, 2.75) is 6.61 Å². The summed E-state index contributed by atoms with van der Waals surface area (Å²) >= 11 is 0. The highest BCUT2D eigenvalue weighted by atomic mass is 19.1. The van der Waals surface area contributed by atoms with Crippen LogP contribution in [0.25, 0.3) is 11.0 Å². The quantitative estimate of drug-likeness (QED) is 0.720. The average Bonchev–Trinajstić information content (AvgIpc) is 2.84. The van der Waals surface area contributed by atoms with Gasteiger partial charge in [0.25, 0.3) is 0 Å². The van der Waals surface area contributed by atoms with Crippen molar-refractivity contribution in [3.63, 3.8) is 0 Å². The summed E-state index contributed by atoms with van der Waals surface area (Å²) in [5.41, 5.74) is 1.01. The molecule has 0 bridgehead atoms. The van der Waals surface area contributed by atoms with Gasteiger partial charge < -0.3 is 9.15 Å². The minimum Gasteiger partial charge on any atom is -0.483 e. The SMILES string of the molecule is N#Cc1oc2ccccc2c1OCc1ccccc1F. The second-order valence-electron chi connectivity index (χ2n) is 4.25. The van der Waals surface area contributed by atoms with Crippen LogP contribution in [0.4, 0.5) is 4.39 Å². The van der Waals surface area contributed by atoms with Gasteiger partial charge in [0, 0.05) is 5.56 Å². The maximum Gasteiger partial charge on any atom is 0.246 e. The number of halogens is 1. The molecule has 0 N–H and O–H groups in total. The first-order valence-corrected chi connectivity index (χ1v) is 6.07. The van der Waals surface area contributed by atoms with E-state index in [1.807, 2.05) is 18.2 Å². The number of para-hydroxylation sites is 1. The van der Waals surface area contributed by atoms with Crippen LogP contribution in [0.5, 0.6) is 5.75 Å². The van der Waals surface area contributed by atoms with Gasteiger partial charge in [0.1, 0.15) is 24.1 Å². The molecule has 1 aromatic heterocycles.